The number of aromatic nitrogens is 3. The molecule has 5 aromatic rings. The summed E-state index contributed by atoms with van der Waals surface area (Å²) in [6, 6.07) is 15.8. The number of halogens is 4. The molecular weight excluding hydrogens is 469 g/mol. The molecule has 0 aliphatic carbocycles. The standard InChI is InChI=1S/C24H14Cl2F2N4O/c25-15-2-1-3-19(20(15)28)32-22(13-6-7-17(27)16(26)10-13)21(23(29)33)31-24(32)14-5-4-12-8-9-30-18(12)11-14/h1-11,30H,(H2,29,33). The lowest BCUT2D eigenvalue weighted by atomic mass is 10.1. The van der Waals surface area contributed by atoms with E-state index in [2.05, 4.69) is 9.97 Å². The van der Waals surface area contributed by atoms with Crippen LogP contribution in [0.1, 0.15) is 10.5 Å². The van der Waals surface area contributed by atoms with Crippen LogP contribution in [0.15, 0.2) is 66.9 Å². The Labute approximate surface area is 196 Å². The van der Waals surface area contributed by atoms with Crippen molar-refractivity contribution >= 4 is 40.0 Å². The maximum absolute atomic E-state index is 15.2. The van der Waals surface area contributed by atoms with Crippen molar-refractivity contribution in [2.75, 3.05) is 0 Å². The summed E-state index contributed by atoms with van der Waals surface area (Å²) in [6.07, 6.45) is 1.79. The van der Waals surface area contributed by atoms with Gasteiger partial charge in [0.1, 0.15) is 11.6 Å². The van der Waals surface area contributed by atoms with E-state index in [-0.39, 0.29) is 32.9 Å². The lowest BCUT2D eigenvalue weighted by molar-refractivity contribution is 0.0996. The van der Waals surface area contributed by atoms with E-state index in [9.17, 15) is 9.18 Å². The van der Waals surface area contributed by atoms with Crippen molar-refractivity contribution in [1.82, 2.24) is 14.5 Å². The van der Waals surface area contributed by atoms with Gasteiger partial charge < -0.3 is 10.7 Å². The predicted octanol–water partition coefficient (Wildman–Crippen LogP) is 6.37. The number of benzene rings is 3. The SMILES string of the molecule is NC(=O)c1nc(-c2ccc3cc[nH]c3c2)n(-c2cccc(Cl)c2F)c1-c1ccc(F)c(Cl)c1. The highest BCUT2D eigenvalue weighted by Gasteiger charge is 2.27. The highest BCUT2D eigenvalue weighted by atomic mass is 35.5. The van der Waals surface area contributed by atoms with E-state index in [1.165, 1.54) is 28.8 Å². The first-order chi connectivity index (χ1) is 15.8. The van der Waals surface area contributed by atoms with E-state index in [0.29, 0.717) is 11.1 Å². The molecule has 0 spiro atoms. The summed E-state index contributed by atoms with van der Waals surface area (Å²) in [5.41, 5.74) is 7.46. The molecular formula is C24H14Cl2F2N4O. The van der Waals surface area contributed by atoms with Crippen molar-refractivity contribution in [3.63, 3.8) is 0 Å². The molecule has 164 valence electrons. The van der Waals surface area contributed by atoms with Crippen LogP contribution in [0.2, 0.25) is 10.0 Å². The molecule has 0 fully saturated rings. The van der Waals surface area contributed by atoms with Gasteiger partial charge in [0.25, 0.3) is 5.91 Å². The molecule has 0 bridgehead atoms. The fourth-order valence-corrected chi connectivity index (χ4v) is 4.13. The van der Waals surface area contributed by atoms with Gasteiger partial charge in [0.15, 0.2) is 11.5 Å². The molecule has 5 rings (SSSR count). The fraction of sp³-hybridized carbons (Fsp3) is 0. The van der Waals surface area contributed by atoms with Gasteiger partial charge in [-0.25, -0.2) is 13.8 Å². The highest BCUT2D eigenvalue weighted by Crippen LogP contribution is 2.37. The fourth-order valence-electron chi connectivity index (χ4n) is 3.78. The maximum atomic E-state index is 15.2. The monoisotopic (exact) mass is 482 g/mol. The van der Waals surface area contributed by atoms with Crippen LogP contribution >= 0.6 is 23.2 Å². The molecule has 0 aliphatic rings. The first-order valence-corrected chi connectivity index (χ1v) is 10.5. The average molecular weight is 483 g/mol. The van der Waals surface area contributed by atoms with Crippen LogP contribution in [0.4, 0.5) is 8.78 Å². The van der Waals surface area contributed by atoms with Crippen LogP contribution in [0.25, 0.3) is 39.2 Å². The zero-order valence-corrected chi connectivity index (χ0v) is 18.3. The second-order valence-electron chi connectivity index (χ2n) is 7.31. The number of amides is 1. The molecule has 0 unspecified atom stereocenters. The van der Waals surface area contributed by atoms with E-state index in [0.717, 1.165) is 17.0 Å². The third-order valence-electron chi connectivity index (χ3n) is 5.29. The van der Waals surface area contributed by atoms with Crippen LogP contribution in [0, 0.1) is 11.6 Å². The number of hydrogen-bond donors (Lipinski definition) is 2. The minimum atomic E-state index is -0.839. The lowest BCUT2D eigenvalue weighted by Gasteiger charge is -2.15. The Balaban J connectivity index is 1.90. The third kappa shape index (κ3) is 3.55. The molecule has 2 aromatic heterocycles. The van der Waals surface area contributed by atoms with Gasteiger partial charge in [-0.2, -0.15) is 0 Å². The maximum Gasteiger partial charge on any atom is 0.269 e. The summed E-state index contributed by atoms with van der Waals surface area (Å²) in [5, 5.41) is 0.679. The van der Waals surface area contributed by atoms with Crippen molar-refractivity contribution < 1.29 is 13.6 Å². The summed E-state index contributed by atoms with van der Waals surface area (Å²) in [5.74, 6) is -1.95. The largest absolute Gasteiger partial charge is 0.364 e. The van der Waals surface area contributed by atoms with Gasteiger partial charge >= 0.3 is 0 Å². The molecule has 3 N–H and O–H groups in total. The normalized spacial score (nSPS) is 11.3. The van der Waals surface area contributed by atoms with Crippen LogP contribution in [-0.2, 0) is 0 Å². The van der Waals surface area contributed by atoms with Gasteiger partial charge in [-0.05, 0) is 47.9 Å². The van der Waals surface area contributed by atoms with Crippen molar-refractivity contribution in [1.29, 1.82) is 0 Å². The summed E-state index contributed by atoms with van der Waals surface area (Å²) < 4.78 is 30.6. The second-order valence-corrected chi connectivity index (χ2v) is 8.13. The highest BCUT2D eigenvalue weighted by molar-refractivity contribution is 6.31. The number of nitrogens with zero attached hydrogens (tertiary/aromatic N) is 2. The molecule has 5 nitrogen and oxygen atoms in total. The molecule has 0 saturated heterocycles. The number of H-pyrrole nitrogens is 1. The Morgan fingerprint density at radius 1 is 0.970 bits per heavy atom. The molecule has 0 atom stereocenters. The van der Waals surface area contributed by atoms with Gasteiger partial charge in [-0.15, -0.1) is 0 Å². The van der Waals surface area contributed by atoms with Gasteiger partial charge in [-0.3, -0.25) is 9.36 Å². The molecule has 9 heteroatoms. The summed E-state index contributed by atoms with van der Waals surface area (Å²) in [6.45, 7) is 0. The number of carbonyl (C=O) groups excluding carboxylic acids is 1. The Bertz CT molecular complexity index is 1560. The number of aromatic amines is 1. The molecule has 0 radical (unpaired) electrons. The number of primary amides is 1. The van der Waals surface area contributed by atoms with Crippen LogP contribution < -0.4 is 5.73 Å². The number of nitrogens with two attached hydrogens (primary N) is 1. The van der Waals surface area contributed by atoms with Crippen LogP contribution in [0.3, 0.4) is 0 Å². The molecule has 3 aromatic carbocycles. The van der Waals surface area contributed by atoms with Crippen molar-refractivity contribution in [3.05, 3.63) is 94.2 Å². The summed E-state index contributed by atoms with van der Waals surface area (Å²) >= 11 is 12.1. The number of carbonyl (C=O) groups is 1. The number of hydrogen-bond acceptors (Lipinski definition) is 2. The smallest absolute Gasteiger partial charge is 0.269 e. The first-order valence-electron chi connectivity index (χ1n) is 9.75. The van der Waals surface area contributed by atoms with E-state index < -0.39 is 17.5 Å². The topological polar surface area (TPSA) is 76.7 Å². The Morgan fingerprint density at radius 2 is 1.76 bits per heavy atom. The lowest BCUT2D eigenvalue weighted by Crippen LogP contribution is -2.13. The number of fused-ring (bicyclic) bond motifs is 1. The minimum Gasteiger partial charge on any atom is -0.364 e. The molecule has 1 amide bonds. The van der Waals surface area contributed by atoms with Crippen molar-refractivity contribution in [3.8, 4) is 28.3 Å². The number of imidazole rings is 1. The number of rotatable bonds is 4. The molecule has 0 saturated carbocycles. The molecule has 33 heavy (non-hydrogen) atoms. The minimum absolute atomic E-state index is 0.0412. The summed E-state index contributed by atoms with van der Waals surface area (Å²) in [7, 11) is 0. The van der Waals surface area contributed by atoms with E-state index in [1.807, 2.05) is 18.2 Å². The van der Waals surface area contributed by atoms with Gasteiger partial charge in [-0.1, -0.05) is 41.4 Å². The quantitative estimate of drug-likeness (QED) is 0.312. The molecule has 2 heterocycles. The number of nitrogens with one attached hydrogen (secondary N) is 1. The predicted molar refractivity (Wildman–Crippen MR) is 125 cm³/mol. The van der Waals surface area contributed by atoms with Gasteiger partial charge in [0.05, 0.1) is 21.4 Å². The Hall–Kier alpha value is -3.68. The zero-order chi connectivity index (χ0) is 23.3. The zero-order valence-electron chi connectivity index (χ0n) is 16.7. The Kier molecular flexibility index (Phi) is 5.15. The van der Waals surface area contributed by atoms with E-state index in [1.54, 1.807) is 18.3 Å². The van der Waals surface area contributed by atoms with Crippen molar-refractivity contribution in [2.45, 2.75) is 0 Å². The van der Waals surface area contributed by atoms with Gasteiger partial charge in [0.2, 0.25) is 0 Å². The second kappa shape index (κ2) is 8.03. The first kappa shape index (κ1) is 21.2. The van der Waals surface area contributed by atoms with E-state index >= 15 is 4.39 Å². The third-order valence-corrected chi connectivity index (χ3v) is 5.87. The molecule has 0 aliphatic heterocycles. The van der Waals surface area contributed by atoms with Crippen LogP contribution in [0.5, 0.6) is 0 Å². The van der Waals surface area contributed by atoms with Crippen molar-refractivity contribution in [2.24, 2.45) is 5.73 Å². The van der Waals surface area contributed by atoms with Crippen LogP contribution in [-0.4, -0.2) is 20.4 Å². The van der Waals surface area contributed by atoms with Gasteiger partial charge in [0, 0.05) is 22.8 Å². The summed E-state index contributed by atoms with van der Waals surface area (Å²) in [4.78, 5) is 20.0. The average Bonchev–Trinajstić information content (AvgIpc) is 3.42. The Morgan fingerprint density at radius 3 is 2.52 bits per heavy atom. The van der Waals surface area contributed by atoms with E-state index in [4.69, 9.17) is 28.9 Å².